The summed E-state index contributed by atoms with van der Waals surface area (Å²) < 4.78 is 5.33. The lowest BCUT2D eigenvalue weighted by Crippen LogP contribution is -2.62. The zero-order chi connectivity index (χ0) is 15.9. The van der Waals surface area contributed by atoms with Gasteiger partial charge in [-0.05, 0) is 18.6 Å². The van der Waals surface area contributed by atoms with E-state index < -0.39 is 36.4 Å². The van der Waals surface area contributed by atoms with Gasteiger partial charge in [0, 0.05) is 18.8 Å². The van der Waals surface area contributed by atoms with Gasteiger partial charge >= 0.3 is 5.97 Å². The predicted molar refractivity (Wildman–Crippen MR) is 78.1 cm³/mol. The molecule has 0 aromatic heterocycles. The van der Waals surface area contributed by atoms with Crippen LogP contribution in [-0.2, 0) is 4.74 Å². The Morgan fingerprint density at radius 1 is 1.23 bits per heavy atom. The zero-order valence-electron chi connectivity index (χ0n) is 12.0. The van der Waals surface area contributed by atoms with Crippen LogP contribution in [0.2, 0.25) is 0 Å². The Balaban J connectivity index is 1.73. The standard InChI is InChI=1S/C15H20N2O5/c16-9-4-2-1-3-8(9)15(21)22-11-7-17-6-5-10(18)12(17)14(20)13(11)19/h1-4,10-14,18-20H,5-7,16H2/t10-,11-,12+,13+,14+/m0/s1. The van der Waals surface area contributed by atoms with Crippen LogP contribution in [0, 0.1) is 0 Å². The molecule has 0 spiro atoms. The van der Waals surface area contributed by atoms with Crippen molar-refractivity contribution in [1.29, 1.82) is 0 Å². The molecule has 5 atom stereocenters. The van der Waals surface area contributed by atoms with E-state index in [4.69, 9.17) is 10.5 Å². The number of esters is 1. The molecule has 0 amide bonds. The van der Waals surface area contributed by atoms with Gasteiger partial charge in [0.1, 0.15) is 18.3 Å². The maximum atomic E-state index is 12.2. The molecule has 0 radical (unpaired) electrons. The van der Waals surface area contributed by atoms with Crippen LogP contribution in [0.4, 0.5) is 5.69 Å². The lowest BCUT2D eigenvalue weighted by Gasteiger charge is -2.42. The molecule has 3 rings (SSSR count). The minimum absolute atomic E-state index is 0.229. The summed E-state index contributed by atoms with van der Waals surface area (Å²) in [5.41, 5.74) is 6.26. The van der Waals surface area contributed by atoms with Gasteiger partial charge in [-0.25, -0.2) is 4.79 Å². The largest absolute Gasteiger partial charge is 0.454 e. The van der Waals surface area contributed by atoms with E-state index in [1.807, 2.05) is 4.90 Å². The summed E-state index contributed by atoms with van der Waals surface area (Å²) in [5, 5.41) is 30.2. The number of fused-ring (bicyclic) bond motifs is 1. The summed E-state index contributed by atoms with van der Waals surface area (Å²) in [4.78, 5) is 14.0. The highest BCUT2D eigenvalue weighted by Crippen LogP contribution is 2.30. The molecule has 7 nitrogen and oxygen atoms in total. The van der Waals surface area contributed by atoms with Gasteiger partial charge in [0.05, 0.1) is 17.7 Å². The molecule has 2 aliphatic heterocycles. The summed E-state index contributed by atoms with van der Waals surface area (Å²) in [7, 11) is 0. The van der Waals surface area contributed by atoms with Crippen LogP contribution < -0.4 is 5.73 Å². The Hall–Kier alpha value is -1.67. The molecule has 7 heteroatoms. The van der Waals surface area contributed by atoms with E-state index in [-0.39, 0.29) is 12.1 Å². The highest BCUT2D eigenvalue weighted by molar-refractivity contribution is 5.95. The summed E-state index contributed by atoms with van der Waals surface area (Å²) in [5.74, 6) is -0.632. The number of carbonyl (C=O) groups is 1. The normalized spacial score (nSPS) is 35.1. The molecule has 0 bridgehead atoms. The Morgan fingerprint density at radius 3 is 2.68 bits per heavy atom. The molecule has 120 valence electrons. The lowest BCUT2D eigenvalue weighted by molar-refractivity contribution is -0.143. The number of nitrogens with two attached hydrogens (primary N) is 1. The van der Waals surface area contributed by atoms with Crippen molar-refractivity contribution in [2.75, 3.05) is 18.8 Å². The van der Waals surface area contributed by atoms with Gasteiger partial charge < -0.3 is 25.8 Å². The van der Waals surface area contributed by atoms with Gasteiger partial charge in [0.25, 0.3) is 0 Å². The van der Waals surface area contributed by atoms with Crippen molar-refractivity contribution in [3.05, 3.63) is 29.8 Å². The van der Waals surface area contributed by atoms with Crippen LogP contribution in [0.25, 0.3) is 0 Å². The quantitative estimate of drug-likeness (QED) is 0.407. The molecule has 2 saturated heterocycles. The predicted octanol–water partition coefficient (Wildman–Crippen LogP) is -1.04. The van der Waals surface area contributed by atoms with Crippen molar-refractivity contribution in [1.82, 2.24) is 4.90 Å². The first kappa shape index (κ1) is 15.2. The summed E-state index contributed by atoms with van der Waals surface area (Å²) in [6.07, 6.45) is -3.39. The van der Waals surface area contributed by atoms with Crippen LogP contribution in [0.3, 0.4) is 0 Å². The number of nitrogens with zero attached hydrogens (tertiary/aromatic N) is 1. The number of hydrogen-bond acceptors (Lipinski definition) is 7. The van der Waals surface area contributed by atoms with Crippen molar-refractivity contribution >= 4 is 11.7 Å². The number of piperidine rings is 1. The third-order valence-electron chi connectivity index (χ3n) is 4.46. The Bertz CT molecular complexity index is 567. The number of para-hydroxylation sites is 1. The number of benzene rings is 1. The molecule has 0 saturated carbocycles. The molecule has 5 N–H and O–H groups in total. The topological polar surface area (TPSA) is 116 Å². The number of ether oxygens (including phenoxy) is 1. The number of carbonyl (C=O) groups excluding carboxylic acids is 1. The molecule has 1 aromatic carbocycles. The van der Waals surface area contributed by atoms with Gasteiger partial charge in [-0.3, -0.25) is 4.90 Å². The number of hydrogen-bond donors (Lipinski definition) is 4. The Kier molecular flexibility index (Phi) is 4.05. The monoisotopic (exact) mass is 308 g/mol. The smallest absolute Gasteiger partial charge is 0.340 e. The van der Waals surface area contributed by atoms with Gasteiger partial charge in [0.2, 0.25) is 0 Å². The molecular weight excluding hydrogens is 288 g/mol. The molecule has 2 heterocycles. The molecule has 0 aliphatic carbocycles. The van der Waals surface area contributed by atoms with Crippen molar-refractivity contribution < 1.29 is 24.9 Å². The van der Waals surface area contributed by atoms with Gasteiger partial charge in [0.15, 0.2) is 0 Å². The number of rotatable bonds is 2. The second-order valence-electron chi connectivity index (χ2n) is 5.85. The number of anilines is 1. The van der Waals surface area contributed by atoms with Crippen molar-refractivity contribution in [3.8, 4) is 0 Å². The summed E-state index contributed by atoms with van der Waals surface area (Å²) in [6.45, 7) is 0.871. The third-order valence-corrected chi connectivity index (χ3v) is 4.46. The fourth-order valence-electron chi connectivity index (χ4n) is 3.27. The maximum absolute atomic E-state index is 12.2. The third kappa shape index (κ3) is 2.56. The number of aliphatic hydroxyl groups is 3. The van der Waals surface area contributed by atoms with Gasteiger partial charge in [-0.2, -0.15) is 0 Å². The second-order valence-corrected chi connectivity index (χ2v) is 5.85. The zero-order valence-corrected chi connectivity index (χ0v) is 12.0. The van der Waals surface area contributed by atoms with E-state index in [1.54, 1.807) is 24.3 Å². The van der Waals surface area contributed by atoms with E-state index in [2.05, 4.69) is 0 Å². The van der Waals surface area contributed by atoms with Crippen LogP contribution >= 0.6 is 0 Å². The summed E-state index contributed by atoms with van der Waals surface area (Å²) >= 11 is 0. The average Bonchev–Trinajstić information content (AvgIpc) is 2.86. The van der Waals surface area contributed by atoms with E-state index in [1.165, 1.54) is 0 Å². The first-order valence-corrected chi connectivity index (χ1v) is 7.33. The fourth-order valence-corrected chi connectivity index (χ4v) is 3.27. The van der Waals surface area contributed by atoms with Crippen LogP contribution in [0.15, 0.2) is 24.3 Å². The van der Waals surface area contributed by atoms with E-state index in [0.717, 1.165) is 0 Å². The number of aliphatic hydroxyl groups excluding tert-OH is 3. The van der Waals surface area contributed by atoms with Crippen molar-refractivity contribution in [2.24, 2.45) is 0 Å². The molecule has 1 aromatic rings. The molecule has 0 unspecified atom stereocenters. The van der Waals surface area contributed by atoms with Crippen molar-refractivity contribution in [2.45, 2.75) is 36.9 Å². The summed E-state index contributed by atoms with van der Waals surface area (Å²) in [6, 6.07) is 6.01. The highest BCUT2D eigenvalue weighted by atomic mass is 16.6. The first-order valence-electron chi connectivity index (χ1n) is 7.33. The van der Waals surface area contributed by atoms with Crippen molar-refractivity contribution in [3.63, 3.8) is 0 Å². The minimum atomic E-state index is -1.23. The highest BCUT2D eigenvalue weighted by Gasteiger charge is 2.49. The average molecular weight is 308 g/mol. The van der Waals surface area contributed by atoms with Crippen LogP contribution in [0.1, 0.15) is 16.8 Å². The molecule has 2 aliphatic rings. The lowest BCUT2D eigenvalue weighted by atomic mass is 9.93. The fraction of sp³-hybridized carbons (Fsp3) is 0.533. The van der Waals surface area contributed by atoms with E-state index >= 15 is 0 Å². The second kappa shape index (κ2) is 5.85. The Morgan fingerprint density at radius 2 is 1.95 bits per heavy atom. The van der Waals surface area contributed by atoms with Crippen LogP contribution in [0.5, 0.6) is 0 Å². The molecule has 22 heavy (non-hydrogen) atoms. The molecular formula is C15H20N2O5. The van der Waals surface area contributed by atoms with Crippen LogP contribution in [-0.4, -0.2) is 69.7 Å². The maximum Gasteiger partial charge on any atom is 0.340 e. The number of nitrogen functional groups attached to an aromatic ring is 1. The van der Waals surface area contributed by atoms with Gasteiger partial charge in [-0.1, -0.05) is 12.1 Å². The van der Waals surface area contributed by atoms with E-state index in [0.29, 0.717) is 18.7 Å². The minimum Gasteiger partial charge on any atom is -0.454 e. The Labute approximate surface area is 127 Å². The first-order chi connectivity index (χ1) is 10.5. The molecule has 2 fully saturated rings. The van der Waals surface area contributed by atoms with Gasteiger partial charge in [-0.15, -0.1) is 0 Å². The van der Waals surface area contributed by atoms with E-state index in [9.17, 15) is 20.1 Å². The SMILES string of the molecule is Nc1ccccc1C(=O)O[C@H]1CN2CC[C@H](O)[C@@H]2[C@@H](O)[C@@H]1O.